The third-order valence-corrected chi connectivity index (χ3v) is 7.23. The van der Waals surface area contributed by atoms with Gasteiger partial charge in [-0.1, -0.05) is 11.2 Å². The van der Waals surface area contributed by atoms with Crippen molar-refractivity contribution in [3.05, 3.63) is 33.8 Å². The summed E-state index contributed by atoms with van der Waals surface area (Å²) in [4.78, 5) is 3.92. The number of aryl methyl sites for hydroxylation is 2. The van der Waals surface area contributed by atoms with Crippen LogP contribution in [0.2, 0.25) is 0 Å². The first-order chi connectivity index (χ1) is 11.0. The quantitative estimate of drug-likeness (QED) is 0.819. The van der Waals surface area contributed by atoms with Crippen LogP contribution in [-0.4, -0.2) is 55.5 Å². The average Bonchev–Trinajstić information content (AvgIpc) is 3.15. The predicted octanol–water partition coefficient (Wildman–Crippen LogP) is 1.90. The summed E-state index contributed by atoms with van der Waals surface area (Å²) < 4.78 is 32.1. The van der Waals surface area contributed by atoms with Crippen LogP contribution in [0.4, 0.5) is 0 Å². The number of thiophene rings is 1. The lowest BCUT2D eigenvalue weighted by Crippen LogP contribution is -2.49. The van der Waals surface area contributed by atoms with Crippen molar-refractivity contribution >= 4 is 21.4 Å². The van der Waals surface area contributed by atoms with Crippen LogP contribution in [0.3, 0.4) is 0 Å². The fraction of sp³-hybridized carbons (Fsp3) is 0.533. The van der Waals surface area contributed by atoms with Crippen molar-refractivity contribution in [2.24, 2.45) is 0 Å². The second kappa shape index (κ2) is 6.72. The molecule has 0 radical (unpaired) electrons. The zero-order valence-electron chi connectivity index (χ0n) is 13.4. The van der Waals surface area contributed by atoms with E-state index in [9.17, 15) is 8.42 Å². The first-order valence-corrected chi connectivity index (χ1v) is 9.98. The van der Waals surface area contributed by atoms with Gasteiger partial charge in [0.2, 0.25) is 10.0 Å². The summed E-state index contributed by atoms with van der Waals surface area (Å²) in [5.41, 5.74) is 0.433. The fourth-order valence-corrected chi connectivity index (χ4v) is 5.30. The van der Waals surface area contributed by atoms with Crippen molar-refractivity contribution in [2.75, 3.05) is 32.7 Å². The summed E-state index contributed by atoms with van der Waals surface area (Å²) in [6.07, 6.45) is 1.02. The zero-order chi connectivity index (χ0) is 16.4. The van der Waals surface area contributed by atoms with E-state index in [-0.39, 0.29) is 4.90 Å². The molecule has 0 N–H and O–H groups in total. The highest BCUT2D eigenvalue weighted by Crippen LogP contribution is 2.24. The summed E-state index contributed by atoms with van der Waals surface area (Å²) in [6, 6.07) is 4.21. The molecule has 0 saturated carbocycles. The van der Waals surface area contributed by atoms with Crippen LogP contribution in [0, 0.1) is 13.8 Å². The van der Waals surface area contributed by atoms with Crippen molar-refractivity contribution in [1.29, 1.82) is 0 Å². The maximum atomic E-state index is 12.8. The van der Waals surface area contributed by atoms with E-state index in [1.165, 1.54) is 4.88 Å². The van der Waals surface area contributed by atoms with Gasteiger partial charge in [0.25, 0.3) is 0 Å². The molecule has 8 heteroatoms. The molecule has 1 aliphatic heterocycles. The van der Waals surface area contributed by atoms with Gasteiger partial charge in [-0.2, -0.15) is 4.31 Å². The standard InChI is InChI=1S/C15H21N3O3S2/c1-12-15(13(2)21-16-12)23(19,20)18-9-7-17(8-10-18)6-5-14-4-3-11-22-14/h3-4,11H,5-10H2,1-2H3. The van der Waals surface area contributed by atoms with E-state index in [1.807, 2.05) is 0 Å². The van der Waals surface area contributed by atoms with E-state index in [0.29, 0.717) is 24.5 Å². The molecule has 126 valence electrons. The molecular formula is C15H21N3O3S2. The smallest absolute Gasteiger partial charge is 0.248 e. The Kier molecular flexibility index (Phi) is 4.86. The molecule has 0 amide bonds. The molecule has 0 aliphatic carbocycles. The van der Waals surface area contributed by atoms with Gasteiger partial charge in [0, 0.05) is 37.6 Å². The Morgan fingerprint density at radius 3 is 2.57 bits per heavy atom. The predicted molar refractivity (Wildman–Crippen MR) is 89.2 cm³/mol. The molecule has 0 bridgehead atoms. The van der Waals surface area contributed by atoms with Crippen molar-refractivity contribution in [3.8, 4) is 0 Å². The van der Waals surface area contributed by atoms with Crippen LogP contribution in [0.5, 0.6) is 0 Å². The van der Waals surface area contributed by atoms with Gasteiger partial charge in [0.1, 0.15) is 10.6 Å². The van der Waals surface area contributed by atoms with Gasteiger partial charge in [-0.3, -0.25) is 0 Å². The van der Waals surface area contributed by atoms with Crippen molar-refractivity contribution in [2.45, 2.75) is 25.2 Å². The molecule has 1 aliphatic rings. The Labute approximate surface area is 140 Å². The highest BCUT2D eigenvalue weighted by atomic mass is 32.2. The average molecular weight is 355 g/mol. The molecule has 3 heterocycles. The first-order valence-electron chi connectivity index (χ1n) is 7.66. The number of nitrogens with zero attached hydrogens (tertiary/aromatic N) is 3. The number of piperazine rings is 1. The normalized spacial score (nSPS) is 17.7. The van der Waals surface area contributed by atoms with Crippen LogP contribution in [0.1, 0.15) is 16.3 Å². The van der Waals surface area contributed by atoms with Gasteiger partial charge in [0.05, 0.1) is 0 Å². The monoisotopic (exact) mass is 355 g/mol. The van der Waals surface area contributed by atoms with Gasteiger partial charge >= 0.3 is 0 Å². The lowest BCUT2D eigenvalue weighted by atomic mass is 10.3. The molecule has 3 rings (SSSR count). The molecule has 1 saturated heterocycles. The molecule has 0 atom stereocenters. The molecular weight excluding hydrogens is 334 g/mol. The topological polar surface area (TPSA) is 66.7 Å². The van der Waals surface area contributed by atoms with E-state index in [0.717, 1.165) is 26.1 Å². The summed E-state index contributed by atoms with van der Waals surface area (Å²) in [6.45, 7) is 6.82. The molecule has 0 unspecified atom stereocenters. The van der Waals surface area contributed by atoms with Crippen LogP contribution in [0.15, 0.2) is 26.9 Å². The van der Waals surface area contributed by atoms with Gasteiger partial charge in [-0.25, -0.2) is 8.42 Å². The van der Waals surface area contributed by atoms with Crippen molar-refractivity contribution in [3.63, 3.8) is 0 Å². The number of aromatic nitrogens is 1. The van der Waals surface area contributed by atoms with Crippen LogP contribution < -0.4 is 0 Å². The Balaban J connectivity index is 1.60. The SMILES string of the molecule is Cc1noc(C)c1S(=O)(=O)N1CCN(CCc2cccs2)CC1. The van der Waals surface area contributed by atoms with Crippen LogP contribution in [0.25, 0.3) is 0 Å². The maximum absolute atomic E-state index is 12.8. The minimum absolute atomic E-state index is 0.226. The first kappa shape index (κ1) is 16.6. The second-order valence-corrected chi connectivity index (χ2v) is 8.64. The minimum Gasteiger partial charge on any atom is -0.360 e. The van der Waals surface area contributed by atoms with Crippen LogP contribution >= 0.6 is 11.3 Å². The largest absolute Gasteiger partial charge is 0.360 e. The Bertz CT molecular complexity index is 726. The number of rotatable bonds is 5. The third-order valence-electron chi connectivity index (χ3n) is 4.15. The van der Waals surface area contributed by atoms with Gasteiger partial charge in [-0.15, -0.1) is 11.3 Å². The van der Waals surface area contributed by atoms with Gasteiger partial charge in [-0.05, 0) is 31.7 Å². The van der Waals surface area contributed by atoms with E-state index < -0.39 is 10.0 Å². The summed E-state index contributed by atoms with van der Waals surface area (Å²) in [7, 11) is -3.51. The summed E-state index contributed by atoms with van der Waals surface area (Å²) in [5, 5.41) is 5.85. The maximum Gasteiger partial charge on any atom is 0.248 e. The molecule has 0 aromatic carbocycles. The number of sulfonamides is 1. The molecule has 0 spiro atoms. The summed E-state index contributed by atoms with van der Waals surface area (Å²) in [5.74, 6) is 0.364. The highest BCUT2D eigenvalue weighted by molar-refractivity contribution is 7.89. The van der Waals surface area contributed by atoms with Gasteiger partial charge in [0.15, 0.2) is 5.76 Å². The van der Waals surface area contributed by atoms with E-state index >= 15 is 0 Å². The minimum atomic E-state index is -3.51. The van der Waals surface area contributed by atoms with E-state index in [1.54, 1.807) is 29.5 Å². The van der Waals surface area contributed by atoms with E-state index in [2.05, 4.69) is 27.6 Å². The Morgan fingerprint density at radius 1 is 1.26 bits per heavy atom. The molecule has 1 fully saturated rings. The lowest BCUT2D eigenvalue weighted by Gasteiger charge is -2.33. The Morgan fingerprint density at radius 2 is 2.00 bits per heavy atom. The molecule has 2 aromatic rings. The molecule has 2 aromatic heterocycles. The van der Waals surface area contributed by atoms with E-state index in [4.69, 9.17) is 4.52 Å². The Hall–Kier alpha value is -1.22. The second-order valence-electron chi connectivity index (χ2n) is 5.73. The summed E-state index contributed by atoms with van der Waals surface area (Å²) >= 11 is 1.77. The fourth-order valence-electron chi connectivity index (χ4n) is 2.89. The molecule has 6 nitrogen and oxygen atoms in total. The van der Waals surface area contributed by atoms with Gasteiger partial charge < -0.3 is 9.42 Å². The third kappa shape index (κ3) is 3.50. The number of hydrogen-bond donors (Lipinski definition) is 0. The molecule has 23 heavy (non-hydrogen) atoms. The van der Waals surface area contributed by atoms with Crippen molar-refractivity contribution in [1.82, 2.24) is 14.4 Å². The zero-order valence-corrected chi connectivity index (χ0v) is 15.0. The number of hydrogen-bond acceptors (Lipinski definition) is 6. The van der Waals surface area contributed by atoms with Crippen molar-refractivity contribution < 1.29 is 12.9 Å². The van der Waals surface area contributed by atoms with Crippen LogP contribution in [-0.2, 0) is 16.4 Å². The lowest BCUT2D eigenvalue weighted by molar-refractivity contribution is 0.190. The highest BCUT2D eigenvalue weighted by Gasteiger charge is 2.33.